The molecule has 2 atom stereocenters. The molecule has 0 spiro atoms. The molecule has 1 heterocycles. The van der Waals surface area contributed by atoms with E-state index in [0.717, 1.165) is 24.3 Å². The summed E-state index contributed by atoms with van der Waals surface area (Å²) in [6.07, 6.45) is 7.57. The Kier molecular flexibility index (Phi) is 5.45. The summed E-state index contributed by atoms with van der Waals surface area (Å²) in [5, 5.41) is 15.9. The van der Waals surface area contributed by atoms with Crippen molar-refractivity contribution in [1.82, 2.24) is 15.5 Å². The molecule has 2 N–H and O–H groups in total. The van der Waals surface area contributed by atoms with Crippen molar-refractivity contribution < 1.29 is 4.79 Å². The van der Waals surface area contributed by atoms with Gasteiger partial charge in [-0.1, -0.05) is 24.7 Å². The maximum absolute atomic E-state index is 11.9. The van der Waals surface area contributed by atoms with Crippen molar-refractivity contribution in [1.29, 1.82) is 0 Å². The van der Waals surface area contributed by atoms with Crippen LogP contribution in [0.4, 0.5) is 9.93 Å². The molecule has 0 unspecified atom stereocenters. The zero-order valence-electron chi connectivity index (χ0n) is 11.3. The van der Waals surface area contributed by atoms with Crippen molar-refractivity contribution in [2.75, 3.05) is 11.6 Å². The normalized spacial score (nSPS) is 23.1. The van der Waals surface area contributed by atoms with E-state index < -0.39 is 0 Å². The smallest absolute Gasteiger partial charge is 0.321 e. The second-order valence-corrected chi connectivity index (χ2v) is 6.87. The van der Waals surface area contributed by atoms with Gasteiger partial charge in [0.1, 0.15) is 5.01 Å². The van der Waals surface area contributed by atoms with Gasteiger partial charge in [-0.2, -0.15) is 11.8 Å². The quantitative estimate of drug-likeness (QED) is 0.897. The second-order valence-electron chi connectivity index (χ2n) is 4.67. The van der Waals surface area contributed by atoms with E-state index >= 15 is 0 Å². The number of carbonyl (C=O) groups excluding carboxylic acids is 1. The first-order chi connectivity index (χ1) is 9.21. The molecule has 5 nitrogen and oxygen atoms in total. The van der Waals surface area contributed by atoms with Crippen molar-refractivity contribution in [2.45, 2.75) is 50.3 Å². The number of urea groups is 1. The summed E-state index contributed by atoms with van der Waals surface area (Å²) in [7, 11) is 0. The maximum Gasteiger partial charge on any atom is 0.321 e. The number of anilines is 1. The van der Waals surface area contributed by atoms with Crippen molar-refractivity contribution in [2.24, 2.45) is 0 Å². The number of hydrogen-bond donors (Lipinski definition) is 2. The van der Waals surface area contributed by atoms with Crippen LogP contribution in [-0.2, 0) is 6.42 Å². The summed E-state index contributed by atoms with van der Waals surface area (Å²) in [4.78, 5) is 11.9. The molecule has 2 amide bonds. The van der Waals surface area contributed by atoms with E-state index in [2.05, 4.69) is 27.1 Å². The van der Waals surface area contributed by atoms with E-state index in [0.29, 0.717) is 10.4 Å². The summed E-state index contributed by atoms with van der Waals surface area (Å²) < 4.78 is 0. The van der Waals surface area contributed by atoms with Gasteiger partial charge in [0.25, 0.3) is 0 Å². The predicted octanol–water partition coefficient (Wildman–Crippen LogP) is 2.90. The van der Waals surface area contributed by atoms with Crippen LogP contribution in [-0.4, -0.2) is 33.8 Å². The number of thioether (sulfide) groups is 1. The number of carbonyl (C=O) groups is 1. The average Bonchev–Trinajstić information content (AvgIpc) is 2.86. The van der Waals surface area contributed by atoms with Crippen LogP contribution < -0.4 is 10.6 Å². The van der Waals surface area contributed by atoms with E-state index in [1.165, 1.54) is 24.2 Å². The first-order valence-electron chi connectivity index (χ1n) is 6.64. The number of rotatable bonds is 4. The van der Waals surface area contributed by atoms with Gasteiger partial charge in [-0.3, -0.25) is 5.32 Å². The lowest BCUT2D eigenvalue weighted by molar-refractivity contribution is 0.244. The number of hydrogen-bond acceptors (Lipinski definition) is 5. The Morgan fingerprint density at radius 3 is 3.00 bits per heavy atom. The molecule has 1 aromatic rings. The molecule has 1 fully saturated rings. The highest BCUT2D eigenvalue weighted by atomic mass is 32.2. The first-order valence-corrected chi connectivity index (χ1v) is 8.74. The van der Waals surface area contributed by atoms with Gasteiger partial charge in [-0.05, 0) is 31.9 Å². The molecule has 0 saturated heterocycles. The number of amides is 2. The van der Waals surface area contributed by atoms with E-state index in [4.69, 9.17) is 0 Å². The Balaban J connectivity index is 1.80. The lowest BCUT2D eigenvalue weighted by Crippen LogP contribution is -2.41. The molecule has 1 saturated carbocycles. The van der Waals surface area contributed by atoms with E-state index in [1.807, 2.05) is 18.7 Å². The third kappa shape index (κ3) is 4.35. The minimum atomic E-state index is -0.162. The third-order valence-electron chi connectivity index (χ3n) is 3.28. The van der Waals surface area contributed by atoms with Gasteiger partial charge in [-0.25, -0.2) is 4.79 Å². The average molecular weight is 300 g/mol. The minimum Gasteiger partial charge on any atom is -0.335 e. The third-order valence-corrected chi connectivity index (χ3v) is 5.36. The molecule has 1 aromatic heterocycles. The van der Waals surface area contributed by atoms with Crippen LogP contribution in [0.5, 0.6) is 0 Å². The maximum atomic E-state index is 11.9. The van der Waals surface area contributed by atoms with Gasteiger partial charge < -0.3 is 5.32 Å². The van der Waals surface area contributed by atoms with Gasteiger partial charge in [0.05, 0.1) is 0 Å². The fourth-order valence-electron chi connectivity index (χ4n) is 2.26. The van der Waals surface area contributed by atoms with Crippen LogP contribution in [0.3, 0.4) is 0 Å². The monoisotopic (exact) mass is 300 g/mol. The molecular weight excluding hydrogens is 280 g/mol. The molecule has 2 rings (SSSR count). The van der Waals surface area contributed by atoms with Crippen LogP contribution in [0.15, 0.2) is 0 Å². The van der Waals surface area contributed by atoms with Crippen LogP contribution in [0, 0.1) is 0 Å². The molecule has 0 aliphatic heterocycles. The van der Waals surface area contributed by atoms with Crippen LogP contribution in [0.2, 0.25) is 0 Å². The van der Waals surface area contributed by atoms with Gasteiger partial charge in [0.15, 0.2) is 0 Å². The van der Waals surface area contributed by atoms with Crippen molar-refractivity contribution in [3.63, 3.8) is 0 Å². The Bertz CT molecular complexity index is 424. The summed E-state index contributed by atoms with van der Waals surface area (Å²) >= 11 is 3.32. The zero-order chi connectivity index (χ0) is 13.7. The fraction of sp³-hybridized carbons (Fsp3) is 0.750. The van der Waals surface area contributed by atoms with Crippen molar-refractivity contribution in [3.05, 3.63) is 5.01 Å². The highest BCUT2D eigenvalue weighted by Gasteiger charge is 2.22. The number of nitrogens with one attached hydrogen (secondary N) is 2. The largest absolute Gasteiger partial charge is 0.335 e. The van der Waals surface area contributed by atoms with Gasteiger partial charge in [0, 0.05) is 11.3 Å². The highest BCUT2D eigenvalue weighted by Crippen LogP contribution is 2.27. The second kappa shape index (κ2) is 7.09. The molecule has 19 heavy (non-hydrogen) atoms. The van der Waals surface area contributed by atoms with Crippen molar-refractivity contribution in [3.8, 4) is 0 Å². The summed E-state index contributed by atoms with van der Waals surface area (Å²) in [6.45, 7) is 2.02. The van der Waals surface area contributed by atoms with Crippen LogP contribution >= 0.6 is 23.1 Å². The van der Waals surface area contributed by atoms with Crippen molar-refractivity contribution >= 4 is 34.3 Å². The van der Waals surface area contributed by atoms with E-state index in [9.17, 15) is 4.79 Å². The summed E-state index contributed by atoms with van der Waals surface area (Å²) in [6, 6.07) is 0.121. The summed E-state index contributed by atoms with van der Waals surface area (Å²) in [5.74, 6) is 0. The Labute approximate surface area is 122 Å². The molecule has 0 bridgehead atoms. The fourth-order valence-corrected chi connectivity index (χ4v) is 3.76. The topological polar surface area (TPSA) is 66.9 Å². The van der Waals surface area contributed by atoms with E-state index in [-0.39, 0.29) is 12.1 Å². The van der Waals surface area contributed by atoms with Gasteiger partial charge in [0.2, 0.25) is 5.13 Å². The number of nitrogens with zero attached hydrogens (tertiary/aromatic N) is 2. The SMILES string of the molecule is CCc1nnc(NC(=O)N[C@@H]2CCC[C@H](SC)C2)s1. The molecule has 7 heteroatoms. The van der Waals surface area contributed by atoms with Gasteiger partial charge >= 0.3 is 6.03 Å². The molecule has 0 aromatic carbocycles. The first kappa shape index (κ1) is 14.6. The summed E-state index contributed by atoms with van der Waals surface area (Å²) in [5.41, 5.74) is 0. The Hall–Kier alpha value is -0.820. The lowest BCUT2D eigenvalue weighted by Gasteiger charge is -2.28. The standard InChI is InChI=1S/C12H20N4OS2/c1-3-10-15-16-12(19-10)14-11(17)13-8-5-4-6-9(7-8)18-2/h8-9H,3-7H2,1-2H3,(H2,13,14,16,17)/t8-,9+/m1/s1. The zero-order valence-corrected chi connectivity index (χ0v) is 12.9. The minimum absolute atomic E-state index is 0.162. The van der Waals surface area contributed by atoms with Crippen LogP contribution in [0.1, 0.15) is 37.6 Å². The molecular formula is C12H20N4OS2. The lowest BCUT2D eigenvalue weighted by atomic mass is 9.95. The van der Waals surface area contributed by atoms with E-state index in [1.54, 1.807) is 0 Å². The molecule has 106 valence electrons. The number of aromatic nitrogens is 2. The van der Waals surface area contributed by atoms with Gasteiger partial charge in [-0.15, -0.1) is 10.2 Å². The Morgan fingerprint density at radius 1 is 1.47 bits per heavy atom. The van der Waals surface area contributed by atoms with Crippen LogP contribution in [0.25, 0.3) is 0 Å². The molecule has 1 aliphatic rings. The highest BCUT2D eigenvalue weighted by molar-refractivity contribution is 7.99. The predicted molar refractivity (Wildman–Crippen MR) is 81.0 cm³/mol. The Morgan fingerprint density at radius 2 is 2.32 bits per heavy atom. The molecule has 1 aliphatic carbocycles. The number of aryl methyl sites for hydroxylation is 1. The molecule has 0 radical (unpaired) electrons.